The van der Waals surface area contributed by atoms with Crippen molar-refractivity contribution in [2.45, 2.75) is 25.7 Å². The summed E-state index contributed by atoms with van der Waals surface area (Å²) in [5.74, 6) is 1.15. The summed E-state index contributed by atoms with van der Waals surface area (Å²) in [4.78, 5) is 8.75. The van der Waals surface area contributed by atoms with Crippen LogP contribution in [0.25, 0.3) is 11.5 Å². The quantitative estimate of drug-likeness (QED) is 0.849. The van der Waals surface area contributed by atoms with Gasteiger partial charge in [0.05, 0.1) is 0 Å². The molecule has 0 saturated heterocycles. The van der Waals surface area contributed by atoms with Gasteiger partial charge < -0.3 is 10.3 Å². The Kier molecular flexibility index (Phi) is 3.92. The molecule has 1 aliphatic carbocycles. The third-order valence-corrected chi connectivity index (χ3v) is 4.90. The fraction of sp³-hybridized carbons (Fsp3) is 0.462. The Bertz CT molecular complexity index is 619. The summed E-state index contributed by atoms with van der Waals surface area (Å²) >= 11 is 6.83. The van der Waals surface area contributed by atoms with Gasteiger partial charge in [0.15, 0.2) is 0 Å². The summed E-state index contributed by atoms with van der Waals surface area (Å²) in [6, 6.07) is 1.91. The van der Waals surface area contributed by atoms with Gasteiger partial charge >= 0.3 is 0 Å². The topological polar surface area (TPSA) is 77.8 Å². The normalized spacial score (nSPS) is 16.9. The number of hydrogen-bond acceptors (Lipinski definition) is 5. The van der Waals surface area contributed by atoms with Crippen LogP contribution in [0.4, 0.5) is 0 Å². The first-order valence-corrected chi connectivity index (χ1v) is 8.05. The van der Waals surface area contributed by atoms with Crippen molar-refractivity contribution in [3.63, 3.8) is 0 Å². The van der Waals surface area contributed by atoms with E-state index >= 15 is 0 Å². The van der Waals surface area contributed by atoms with Crippen molar-refractivity contribution in [2.24, 2.45) is 11.1 Å². The van der Waals surface area contributed by atoms with Crippen LogP contribution in [0.2, 0.25) is 0 Å². The van der Waals surface area contributed by atoms with E-state index in [4.69, 9.17) is 10.3 Å². The van der Waals surface area contributed by atoms with Gasteiger partial charge in [0.1, 0.15) is 5.69 Å². The second kappa shape index (κ2) is 5.54. The van der Waals surface area contributed by atoms with E-state index in [1.807, 2.05) is 6.07 Å². The van der Waals surface area contributed by atoms with Gasteiger partial charge in [-0.3, -0.25) is 4.98 Å². The van der Waals surface area contributed by atoms with Crippen LogP contribution in [-0.4, -0.2) is 21.7 Å². The van der Waals surface area contributed by atoms with Crippen LogP contribution >= 0.6 is 31.9 Å². The molecule has 20 heavy (non-hydrogen) atoms. The lowest BCUT2D eigenvalue weighted by atomic mass is 9.67. The lowest BCUT2D eigenvalue weighted by molar-refractivity contribution is 0.129. The summed E-state index contributed by atoms with van der Waals surface area (Å²) in [7, 11) is 0. The van der Waals surface area contributed by atoms with Gasteiger partial charge in [0.2, 0.25) is 11.7 Å². The van der Waals surface area contributed by atoms with E-state index in [-0.39, 0.29) is 5.41 Å². The SMILES string of the molecule is NCC1(Cc2nc(-c3ncc(Br)cc3Br)no2)CCC1. The fourth-order valence-electron chi connectivity index (χ4n) is 2.45. The molecular weight excluding hydrogens is 388 g/mol. The van der Waals surface area contributed by atoms with Crippen LogP contribution in [0.3, 0.4) is 0 Å². The van der Waals surface area contributed by atoms with E-state index in [0.29, 0.717) is 24.0 Å². The fourth-order valence-corrected chi connectivity index (χ4v) is 3.62. The highest BCUT2D eigenvalue weighted by atomic mass is 79.9. The zero-order chi connectivity index (χ0) is 14.2. The van der Waals surface area contributed by atoms with Crippen LogP contribution < -0.4 is 5.73 Å². The van der Waals surface area contributed by atoms with E-state index in [1.165, 1.54) is 6.42 Å². The van der Waals surface area contributed by atoms with Crippen molar-refractivity contribution in [2.75, 3.05) is 6.54 Å². The highest BCUT2D eigenvalue weighted by Gasteiger charge is 2.37. The second-order valence-electron chi connectivity index (χ2n) is 5.23. The first-order chi connectivity index (χ1) is 9.62. The number of rotatable bonds is 4. The molecule has 0 spiro atoms. The van der Waals surface area contributed by atoms with Gasteiger partial charge in [-0.1, -0.05) is 11.6 Å². The highest BCUT2D eigenvalue weighted by molar-refractivity contribution is 9.11. The highest BCUT2D eigenvalue weighted by Crippen LogP contribution is 2.42. The predicted octanol–water partition coefficient (Wildman–Crippen LogP) is 3.33. The van der Waals surface area contributed by atoms with Gasteiger partial charge in [0, 0.05) is 21.6 Å². The molecular formula is C13H14Br2N4O. The zero-order valence-corrected chi connectivity index (χ0v) is 13.9. The Hall–Kier alpha value is -0.790. The zero-order valence-electron chi connectivity index (χ0n) is 10.8. The summed E-state index contributed by atoms with van der Waals surface area (Å²) in [6.07, 6.45) is 5.98. The van der Waals surface area contributed by atoms with Crippen molar-refractivity contribution in [3.05, 3.63) is 27.1 Å². The number of halogens is 2. The Morgan fingerprint density at radius 3 is 2.75 bits per heavy atom. The molecule has 0 aliphatic heterocycles. The van der Waals surface area contributed by atoms with Gasteiger partial charge in [0.25, 0.3) is 0 Å². The molecule has 2 aromatic rings. The average molecular weight is 402 g/mol. The molecule has 0 aromatic carbocycles. The third-order valence-electron chi connectivity index (χ3n) is 3.86. The molecule has 0 radical (unpaired) electrons. The summed E-state index contributed by atoms with van der Waals surface area (Å²) in [5.41, 5.74) is 6.70. The van der Waals surface area contributed by atoms with Gasteiger partial charge in [-0.15, -0.1) is 0 Å². The molecule has 1 fully saturated rings. The number of aromatic nitrogens is 3. The summed E-state index contributed by atoms with van der Waals surface area (Å²) < 4.78 is 7.07. The van der Waals surface area contributed by atoms with Gasteiger partial charge in [-0.2, -0.15) is 4.98 Å². The van der Waals surface area contributed by atoms with Gasteiger partial charge in [-0.25, -0.2) is 0 Å². The third kappa shape index (κ3) is 2.66. The molecule has 5 nitrogen and oxygen atoms in total. The molecule has 2 N–H and O–H groups in total. The van der Waals surface area contributed by atoms with Gasteiger partial charge in [-0.05, 0) is 62.7 Å². The van der Waals surface area contributed by atoms with Crippen molar-refractivity contribution < 1.29 is 4.52 Å². The number of pyridine rings is 1. The van der Waals surface area contributed by atoms with Crippen molar-refractivity contribution in [1.29, 1.82) is 0 Å². The van der Waals surface area contributed by atoms with Crippen LogP contribution in [0, 0.1) is 5.41 Å². The van der Waals surface area contributed by atoms with Crippen molar-refractivity contribution in [3.8, 4) is 11.5 Å². The smallest absolute Gasteiger partial charge is 0.227 e. The first kappa shape index (κ1) is 14.2. The van der Waals surface area contributed by atoms with Crippen molar-refractivity contribution in [1.82, 2.24) is 15.1 Å². The number of nitrogens with zero attached hydrogens (tertiary/aromatic N) is 3. The summed E-state index contributed by atoms with van der Waals surface area (Å²) in [6.45, 7) is 0.672. The second-order valence-corrected chi connectivity index (χ2v) is 7.00. The largest absolute Gasteiger partial charge is 0.339 e. The van der Waals surface area contributed by atoms with E-state index in [9.17, 15) is 0 Å². The predicted molar refractivity (Wildman–Crippen MR) is 82.0 cm³/mol. The molecule has 2 aromatic heterocycles. The maximum absolute atomic E-state index is 5.86. The van der Waals surface area contributed by atoms with Crippen LogP contribution in [-0.2, 0) is 6.42 Å². The lowest BCUT2D eigenvalue weighted by Crippen LogP contribution is -2.39. The first-order valence-electron chi connectivity index (χ1n) is 6.46. The van der Waals surface area contributed by atoms with Crippen LogP contribution in [0.5, 0.6) is 0 Å². The Balaban J connectivity index is 1.83. The monoisotopic (exact) mass is 400 g/mol. The molecule has 0 amide bonds. The molecule has 0 unspecified atom stereocenters. The van der Waals surface area contributed by atoms with E-state index in [1.54, 1.807) is 6.20 Å². The molecule has 3 rings (SSSR count). The molecule has 0 atom stereocenters. The van der Waals surface area contributed by atoms with Crippen LogP contribution in [0.1, 0.15) is 25.2 Å². The average Bonchev–Trinajstić information content (AvgIpc) is 2.82. The maximum Gasteiger partial charge on any atom is 0.227 e. The lowest BCUT2D eigenvalue weighted by Gasteiger charge is -2.39. The molecule has 0 bridgehead atoms. The molecule has 2 heterocycles. The minimum atomic E-state index is 0.161. The molecule has 7 heteroatoms. The summed E-state index contributed by atoms with van der Waals surface area (Å²) in [5, 5.41) is 4.02. The standard InChI is InChI=1S/C13H14Br2N4O/c14-8-4-9(15)11(17-6-8)12-18-10(20-19-12)5-13(7-16)2-1-3-13/h4,6H,1-3,5,7,16H2. The molecule has 1 saturated carbocycles. The van der Waals surface area contributed by atoms with Crippen LogP contribution in [0.15, 0.2) is 25.7 Å². The number of hydrogen-bond donors (Lipinski definition) is 1. The van der Waals surface area contributed by atoms with Crippen molar-refractivity contribution >= 4 is 31.9 Å². The Morgan fingerprint density at radius 2 is 2.15 bits per heavy atom. The van der Waals surface area contributed by atoms with E-state index in [0.717, 1.165) is 28.2 Å². The molecule has 106 valence electrons. The van der Waals surface area contributed by atoms with E-state index < -0.39 is 0 Å². The van der Waals surface area contributed by atoms with E-state index in [2.05, 4.69) is 47.0 Å². The Labute approximate surface area is 133 Å². The maximum atomic E-state index is 5.86. The molecule has 1 aliphatic rings. The minimum Gasteiger partial charge on any atom is -0.339 e. The number of nitrogens with two attached hydrogens (primary N) is 1. The Morgan fingerprint density at radius 1 is 1.35 bits per heavy atom. The minimum absolute atomic E-state index is 0.161.